The molecule has 0 saturated carbocycles. The summed E-state index contributed by atoms with van der Waals surface area (Å²) < 4.78 is 11.1. The number of ketones is 1. The highest BCUT2D eigenvalue weighted by Crippen LogP contribution is 2.51. The summed E-state index contributed by atoms with van der Waals surface area (Å²) in [6.07, 6.45) is 0.750. The monoisotopic (exact) mass is 464 g/mol. The molecule has 0 radical (unpaired) electrons. The molecule has 2 aromatic rings. The van der Waals surface area contributed by atoms with Crippen LogP contribution in [-0.2, 0) is 9.59 Å². The number of para-hydroxylation sites is 1. The van der Waals surface area contributed by atoms with Crippen molar-refractivity contribution in [3.8, 4) is 11.5 Å². The number of allylic oxidation sites excluding steroid dienone is 2. The molecule has 0 fully saturated rings. The average molecular weight is 465 g/mol. The van der Waals surface area contributed by atoms with Crippen molar-refractivity contribution in [3.05, 3.63) is 68.9 Å². The number of rotatable bonds is 5. The van der Waals surface area contributed by atoms with Crippen LogP contribution in [0.25, 0.3) is 0 Å². The van der Waals surface area contributed by atoms with Crippen molar-refractivity contribution < 1.29 is 24.0 Å². The molecule has 178 valence electrons. The van der Waals surface area contributed by atoms with Crippen molar-refractivity contribution in [3.63, 3.8) is 0 Å². The van der Waals surface area contributed by atoms with Gasteiger partial charge in [-0.3, -0.25) is 24.6 Å². The molecule has 2 aromatic carbocycles. The molecule has 8 heteroatoms. The first-order chi connectivity index (χ1) is 16.1. The van der Waals surface area contributed by atoms with Gasteiger partial charge in [-0.05, 0) is 36.5 Å². The van der Waals surface area contributed by atoms with E-state index in [9.17, 15) is 19.7 Å². The van der Waals surface area contributed by atoms with E-state index < -0.39 is 16.3 Å². The standard InChI is InChI=1S/C26H28N2O6/c1-15-9-10-18(19(11-15)28(31)32)27-20-13-26(2,3)14-21(29)24(20)17(12-23(27)30)16-7-6-8-22(33-4)25(16)34-5/h6-11,17H,12-14H2,1-5H3. The summed E-state index contributed by atoms with van der Waals surface area (Å²) in [5.41, 5.74) is 2.08. The van der Waals surface area contributed by atoms with Crippen LogP contribution in [0.15, 0.2) is 47.7 Å². The Kier molecular flexibility index (Phi) is 5.93. The van der Waals surface area contributed by atoms with Gasteiger partial charge < -0.3 is 9.47 Å². The van der Waals surface area contributed by atoms with Crippen LogP contribution >= 0.6 is 0 Å². The summed E-state index contributed by atoms with van der Waals surface area (Å²) >= 11 is 0. The highest BCUT2D eigenvalue weighted by molar-refractivity contribution is 6.08. The van der Waals surface area contributed by atoms with Crippen LogP contribution in [0.1, 0.15) is 50.2 Å². The van der Waals surface area contributed by atoms with E-state index in [4.69, 9.17) is 9.47 Å². The second-order valence-electron chi connectivity index (χ2n) is 9.62. The first kappa shape index (κ1) is 23.5. The summed E-state index contributed by atoms with van der Waals surface area (Å²) in [5.74, 6) is 0.0909. The zero-order valence-electron chi connectivity index (χ0n) is 20.0. The number of nitro groups is 1. The van der Waals surface area contributed by atoms with Crippen LogP contribution in [0, 0.1) is 22.5 Å². The minimum atomic E-state index is -0.531. The molecular weight excluding hydrogens is 436 g/mol. The van der Waals surface area contributed by atoms with Gasteiger partial charge in [-0.15, -0.1) is 0 Å². The molecule has 2 aliphatic rings. The third-order valence-corrected chi connectivity index (χ3v) is 6.52. The number of ether oxygens (including phenoxy) is 2. The van der Waals surface area contributed by atoms with Crippen molar-refractivity contribution in [2.45, 2.75) is 46.0 Å². The van der Waals surface area contributed by atoms with E-state index in [2.05, 4.69) is 0 Å². The first-order valence-electron chi connectivity index (χ1n) is 11.1. The number of amides is 1. The molecule has 0 saturated heterocycles. The van der Waals surface area contributed by atoms with Crippen molar-refractivity contribution >= 4 is 23.1 Å². The number of carbonyl (C=O) groups excluding carboxylic acids is 2. The smallest absolute Gasteiger partial charge is 0.293 e. The lowest BCUT2D eigenvalue weighted by atomic mass is 9.69. The van der Waals surface area contributed by atoms with Crippen molar-refractivity contribution in [1.82, 2.24) is 0 Å². The van der Waals surface area contributed by atoms with Crippen molar-refractivity contribution in [2.24, 2.45) is 5.41 Å². The van der Waals surface area contributed by atoms with E-state index in [0.717, 1.165) is 0 Å². The fraction of sp³-hybridized carbons (Fsp3) is 0.385. The Balaban J connectivity index is 1.98. The Bertz CT molecular complexity index is 1230. The van der Waals surface area contributed by atoms with Gasteiger partial charge in [-0.2, -0.15) is 0 Å². The Morgan fingerprint density at radius 1 is 1.09 bits per heavy atom. The van der Waals surface area contributed by atoms with E-state index in [1.807, 2.05) is 19.9 Å². The second kappa shape index (κ2) is 8.59. The van der Waals surface area contributed by atoms with Gasteiger partial charge in [0, 0.05) is 41.7 Å². The highest BCUT2D eigenvalue weighted by Gasteiger charge is 2.46. The summed E-state index contributed by atoms with van der Waals surface area (Å²) in [4.78, 5) is 40.0. The maximum absolute atomic E-state index is 13.7. The molecule has 1 heterocycles. The lowest BCUT2D eigenvalue weighted by Crippen LogP contribution is -2.44. The predicted molar refractivity (Wildman–Crippen MR) is 127 cm³/mol. The molecule has 0 spiro atoms. The van der Waals surface area contributed by atoms with Gasteiger partial charge in [0.15, 0.2) is 17.3 Å². The van der Waals surface area contributed by atoms with Gasteiger partial charge in [0.1, 0.15) is 5.69 Å². The lowest BCUT2D eigenvalue weighted by molar-refractivity contribution is -0.384. The van der Waals surface area contributed by atoms with E-state index in [0.29, 0.717) is 46.7 Å². The van der Waals surface area contributed by atoms with Crippen LogP contribution in [0.5, 0.6) is 11.5 Å². The zero-order chi connectivity index (χ0) is 24.8. The lowest BCUT2D eigenvalue weighted by Gasteiger charge is -2.42. The number of methoxy groups -OCH3 is 2. The number of anilines is 1. The molecule has 1 aliphatic carbocycles. The largest absolute Gasteiger partial charge is 0.493 e. The first-order valence-corrected chi connectivity index (χ1v) is 11.1. The molecular formula is C26H28N2O6. The molecule has 34 heavy (non-hydrogen) atoms. The van der Waals surface area contributed by atoms with Gasteiger partial charge in [0.2, 0.25) is 5.91 Å². The maximum atomic E-state index is 13.7. The minimum absolute atomic E-state index is 0.0143. The van der Waals surface area contributed by atoms with Gasteiger partial charge in [0.05, 0.1) is 19.1 Å². The van der Waals surface area contributed by atoms with E-state index in [1.54, 1.807) is 31.2 Å². The maximum Gasteiger partial charge on any atom is 0.293 e. The summed E-state index contributed by atoms with van der Waals surface area (Å²) in [6, 6.07) is 10.2. The van der Waals surface area contributed by atoms with Crippen LogP contribution in [0.2, 0.25) is 0 Å². The SMILES string of the molecule is COc1cccc(C2CC(=O)N(c3ccc(C)cc3[N+](=O)[O-])C3=C2C(=O)CC(C)(C)C3)c1OC. The van der Waals surface area contributed by atoms with Crippen LogP contribution in [0.4, 0.5) is 11.4 Å². The molecule has 1 unspecified atom stereocenters. The number of carbonyl (C=O) groups is 2. The van der Waals surface area contributed by atoms with Gasteiger partial charge in [-0.1, -0.05) is 32.0 Å². The number of Topliss-reactive ketones (excluding diaryl/α,β-unsaturated/α-hetero) is 1. The topological polar surface area (TPSA) is 99.0 Å². The number of nitro benzene ring substituents is 1. The van der Waals surface area contributed by atoms with Crippen LogP contribution in [-0.4, -0.2) is 30.8 Å². The summed E-state index contributed by atoms with van der Waals surface area (Å²) in [7, 11) is 3.06. The van der Waals surface area contributed by atoms with Crippen molar-refractivity contribution in [2.75, 3.05) is 19.1 Å². The number of benzene rings is 2. The second-order valence-corrected chi connectivity index (χ2v) is 9.62. The molecule has 0 aromatic heterocycles. The number of hydrogen-bond donors (Lipinski definition) is 0. The normalized spacial score (nSPS) is 19.7. The summed E-state index contributed by atoms with van der Waals surface area (Å²) in [6.45, 7) is 5.70. The van der Waals surface area contributed by atoms with Crippen LogP contribution < -0.4 is 14.4 Å². The van der Waals surface area contributed by atoms with E-state index in [-0.39, 0.29) is 29.5 Å². The Morgan fingerprint density at radius 2 is 1.82 bits per heavy atom. The molecule has 8 nitrogen and oxygen atoms in total. The van der Waals surface area contributed by atoms with E-state index in [1.165, 1.54) is 25.2 Å². The predicted octanol–water partition coefficient (Wildman–Crippen LogP) is 5.08. The Hall–Kier alpha value is -3.68. The highest BCUT2D eigenvalue weighted by atomic mass is 16.6. The van der Waals surface area contributed by atoms with Gasteiger partial charge in [0.25, 0.3) is 5.69 Å². The molecule has 4 rings (SSSR count). The number of nitrogens with zero attached hydrogens (tertiary/aromatic N) is 2. The average Bonchev–Trinajstić information content (AvgIpc) is 2.77. The molecule has 1 atom stereocenters. The van der Waals surface area contributed by atoms with Gasteiger partial charge >= 0.3 is 0 Å². The molecule has 0 N–H and O–H groups in total. The third kappa shape index (κ3) is 3.93. The molecule has 1 aliphatic heterocycles. The van der Waals surface area contributed by atoms with Gasteiger partial charge in [-0.25, -0.2) is 0 Å². The zero-order valence-corrected chi connectivity index (χ0v) is 20.0. The Morgan fingerprint density at radius 3 is 2.47 bits per heavy atom. The third-order valence-electron chi connectivity index (χ3n) is 6.52. The fourth-order valence-corrected chi connectivity index (χ4v) is 5.12. The fourth-order valence-electron chi connectivity index (χ4n) is 5.12. The van der Waals surface area contributed by atoms with E-state index >= 15 is 0 Å². The summed E-state index contributed by atoms with van der Waals surface area (Å²) in [5, 5.41) is 11.9. The number of hydrogen-bond acceptors (Lipinski definition) is 6. The number of aryl methyl sites for hydroxylation is 1. The van der Waals surface area contributed by atoms with Crippen molar-refractivity contribution in [1.29, 1.82) is 0 Å². The quantitative estimate of drug-likeness (QED) is 0.452. The molecule has 0 bridgehead atoms. The van der Waals surface area contributed by atoms with Crippen LogP contribution in [0.3, 0.4) is 0 Å². The minimum Gasteiger partial charge on any atom is -0.493 e. The molecule has 1 amide bonds. The Labute approximate surface area is 198 Å².